The number of carbonyl (C=O) groups is 2. The molecule has 1 heterocycles. The van der Waals surface area contributed by atoms with Crippen LogP contribution in [0.4, 0.5) is 9.93 Å². The van der Waals surface area contributed by atoms with Crippen LogP contribution >= 0.6 is 11.3 Å². The lowest BCUT2D eigenvalue weighted by Gasteiger charge is -2.37. The molecule has 0 spiro atoms. The first-order chi connectivity index (χ1) is 10.6. The van der Waals surface area contributed by atoms with Gasteiger partial charge in [0.25, 0.3) is 0 Å². The molecule has 6 nitrogen and oxygen atoms in total. The minimum absolute atomic E-state index is 0.143. The summed E-state index contributed by atoms with van der Waals surface area (Å²) in [7, 11) is 0. The van der Waals surface area contributed by atoms with Crippen LogP contribution in [-0.2, 0) is 16.0 Å². The Hall–Kier alpha value is -1.63. The third-order valence-electron chi connectivity index (χ3n) is 3.86. The number of anilines is 1. The molecule has 7 heteroatoms. The molecule has 1 fully saturated rings. The van der Waals surface area contributed by atoms with Crippen LogP contribution in [0, 0.1) is 0 Å². The van der Waals surface area contributed by atoms with Gasteiger partial charge in [0.05, 0.1) is 17.7 Å². The summed E-state index contributed by atoms with van der Waals surface area (Å²) >= 11 is 1.29. The highest BCUT2D eigenvalue weighted by Crippen LogP contribution is 2.40. The number of hydrogen-bond donors (Lipinski definition) is 1. The summed E-state index contributed by atoms with van der Waals surface area (Å²) in [6, 6.07) is 0. The van der Waals surface area contributed by atoms with Crippen molar-refractivity contribution in [3.05, 3.63) is 11.1 Å². The molecule has 1 aromatic rings. The van der Waals surface area contributed by atoms with E-state index < -0.39 is 17.7 Å². The van der Waals surface area contributed by atoms with E-state index in [9.17, 15) is 9.59 Å². The van der Waals surface area contributed by atoms with Crippen molar-refractivity contribution in [2.45, 2.75) is 70.9 Å². The molecule has 0 atom stereocenters. The topological polar surface area (TPSA) is 79.7 Å². The number of carbonyl (C=O) groups excluding carboxylic acids is 1. The van der Waals surface area contributed by atoms with Crippen LogP contribution in [0.5, 0.6) is 0 Å². The zero-order chi connectivity index (χ0) is 17.3. The van der Waals surface area contributed by atoms with Gasteiger partial charge in [0.1, 0.15) is 5.60 Å². The second-order valence-electron chi connectivity index (χ2n) is 7.21. The lowest BCUT2D eigenvalue weighted by molar-refractivity contribution is -0.136. The van der Waals surface area contributed by atoms with Crippen LogP contribution in [-0.4, -0.2) is 33.3 Å². The Bertz CT molecular complexity index is 585. The van der Waals surface area contributed by atoms with E-state index >= 15 is 0 Å². The molecule has 0 aromatic carbocycles. The maximum Gasteiger partial charge on any atom is 0.417 e. The molecule has 0 aliphatic heterocycles. The van der Waals surface area contributed by atoms with E-state index in [1.165, 1.54) is 11.3 Å². The summed E-state index contributed by atoms with van der Waals surface area (Å²) in [6.07, 6.45) is 3.33. The molecule has 0 saturated heterocycles. The Morgan fingerprint density at radius 1 is 1.39 bits per heavy atom. The van der Waals surface area contributed by atoms with Crippen LogP contribution < -0.4 is 4.90 Å². The first kappa shape index (κ1) is 17.7. The highest BCUT2D eigenvalue weighted by molar-refractivity contribution is 7.14. The van der Waals surface area contributed by atoms with Gasteiger partial charge >= 0.3 is 12.1 Å². The fourth-order valence-electron chi connectivity index (χ4n) is 2.83. The normalized spacial score (nSPS) is 17.0. The molecular weight excluding hydrogens is 316 g/mol. The van der Waals surface area contributed by atoms with Gasteiger partial charge < -0.3 is 9.84 Å². The van der Waals surface area contributed by atoms with Crippen molar-refractivity contribution in [1.29, 1.82) is 0 Å². The Labute approximate surface area is 140 Å². The molecule has 1 aliphatic carbocycles. The average molecular weight is 340 g/mol. The lowest BCUT2D eigenvalue weighted by atomic mass is 9.99. The molecule has 0 bridgehead atoms. The lowest BCUT2D eigenvalue weighted by Crippen LogP contribution is -2.50. The number of aliphatic carboxylic acids is 1. The van der Waals surface area contributed by atoms with E-state index in [4.69, 9.17) is 9.84 Å². The van der Waals surface area contributed by atoms with E-state index in [1.807, 2.05) is 27.7 Å². The van der Waals surface area contributed by atoms with E-state index in [0.29, 0.717) is 10.8 Å². The van der Waals surface area contributed by atoms with Crippen molar-refractivity contribution < 1.29 is 19.4 Å². The fraction of sp³-hybridized carbons (Fsp3) is 0.688. The van der Waals surface area contributed by atoms with Crippen LogP contribution in [0.25, 0.3) is 0 Å². The zero-order valence-electron chi connectivity index (χ0n) is 14.1. The van der Waals surface area contributed by atoms with Gasteiger partial charge in [-0.2, -0.15) is 0 Å². The first-order valence-corrected chi connectivity index (χ1v) is 8.68. The predicted octanol–water partition coefficient (Wildman–Crippen LogP) is 3.84. The van der Waals surface area contributed by atoms with Gasteiger partial charge in [0.2, 0.25) is 0 Å². The van der Waals surface area contributed by atoms with Crippen LogP contribution in [0.1, 0.15) is 59.1 Å². The fourth-order valence-corrected chi connectivity index (χ4v) is 3.78. The van der Waals surface area contributed by atoms with E-state index in [0.717, 1.165) is 25.7 Å². The maximum absolute atomic E-state index is 12.7. The number of carboxylic acid groups (broad SMARTS) is 1. The third kappa shape index (κ3) is 4.43. The number of nitrogens with zero attached hydrogens (tertiary/aromatic N) is 2. The third-order valence-corrected chi connectivity index (χ3v) is 4.73. The number of rotatable bonds is 4. The number of hydrogen-bond acceptors (Lipinski definition) is 5. The second kappa shape index (κ2) is 6.47. The molecule has 1 aliphatic rings. The number of amides is 1. The molecule has 1 N–H and O–H groups in total. The van der Waals surface area contributed by atoms with Crippen molar-refractivity contribution in [3.63, 3.8) is 0 Å². The van der Waals surface area contributed by atoms with Crippen molar-refractivity contribution >= 4 is 28.5 Å². The van der Waals surface area contributed by atoms with Gasteiger partial charge in [0.15, 0.2) is 5.13 Å². The summed E-state index contributed by atoms with van der Waals surface area (Å²) in [5.74, 6) is -0.933. The summed E-state index contributed by atoms with van der Waals surface area (Å²) in [5, 5.41) is 11.1. The van der Waals surface area contributed by atoms with E-state index in [1.54, 1.807) is 10.3 Å². The molecule has 23 heavy (non-hydrogen) atoms. The predicted molar refractivity (Wildman–Crippen MR) is 89.0 cm³/mol. The standard InChI is InChI=1S/C16H24N2O4S/c1-15(2,3)22-14(21)18(16(4)7-5-6-8-16)13-17-11(10-23-13)9-12(19)20/h10H,5-9H2,1-4H3,(H,19,20). The molecule has 1 aromatic heterocycles. The van der Waals surface area contributed by atoms with Gasteiger partial charge in [-0.25, -0.2) is 14.7 Å². The minimum atomic E-state index is -0.933. The average Bonchev–Trinajstić information content (AvgIpc) is 2.97. The number of aromatic nitrogens is 1. The number of carboxylic acids is 1. The SMILES string of the molecule is CC(C)(C)OC(=O)N(c1nc(CC(=O)O)cs1)C1(C)CCCC1. The van der Waals surface area contributed by atoms with E-state index in [2.05, 4.69) is 4.98 Å². The highest BCUT2D eigenvalue weighted by atomic mass is 32.1. The first-order valence-electron chi connectivity index (χ1n) is 7.80. The van der Waals surface area contributed by atoms with Crippen LogP contribution in [0.15, 0.2) is 5.38 Å². The van der Waals surface area contributed by atoms with Crippen LogP contribution in [0.3, 0.4) is 0 Å². The van der Waals surface area contributed by atoms with Crippen molar-refractivity contribution in [1.82, 2.24) is 4.98 Å². The van der Waals surface area contributed by atoms with Gasteiger partial charge in [-0.15, -0.1) is 11.3 Å². The van der Waals surface area contributed by atoms with Crippen molar-refractivity contribution in [2.24, 2.45) is 0 Å². The molecular formula is C16H24N2O4S. The van der Waals surface area contributed by atoms with Gasteiger partial charge in [-0.1, -0.05) is 12.8 Å². The van der Waals surface area contributed by atoms with Crippen molar-refractivity contribution in [2.75, 3.05) is 4.90 Å². The molecule has 2 rings (SSSR count). The number of ether oxygens (including phenoxy) is 1. The zero-order valence-corrected chi connectivity index (χ0v) is 14.9. The second-order valence-corrected chi connectivity index (χ2v) is 8.05. The molecule has 128 valence electrons. The van der Waals surface area contributed by atoms with Crippen LogP contribution in [0.2, 0.25) is 0 Å². The Balaban J connectivity index is 2.31. The van der Waals surface area contributed by atoms with Gasteiger partial charge in [-0.05, 0) is 40.5 Å². The highest BCUT2D eigenvalue weighted by Gasteiger charge is 2.42. The maximum atomic E-state index is 12.7. The van der Waals surface area contributed by atoms with Gasteiger partial charge in [0, 0.05) is 5.38 Å². The van der Waals surface area contributed by atoms with Gasteiger partial charge in [-0.3, -0.25) is 4.79 Å². The quantitative estimate of drug-likeness (QED) is 0.900. The molecule has 1 amide bonds. The monoisotopic (exact) mass is 340 g/mol. The molecule has 0 radical (unpaired) electrons. The summed E-state index contributed by atoms with van der Waals surface area (Å²) in [5.41, 5.74) is -0.459. The Morgan fingerprint density at radius 3 is 2.52 bits per heavy atom. The summed E-state index contributed by atoms with van der Waals surface area (Å²) in [4.78, 5) is 29.6. The summed E-state index contributed by atoms with van der Waals surface area (Å²) < 4.78 is 5.56. The van der Waals surface area contributed by atoms with Crippen molar-refractivity contribution in [3.8, 4) is 0 Å². The minimum Gasteiger partial charge on any atom is -0.481 e. The Kier molecular flexibility index (Phi) is 4.98. The smallest absolute Gasteiger partial charge is 0.417 e. The Morgan fingerprint density at radius 2 is 2.00 bits per heavy atom. The molecule has 0 unspecified atom stereocenters. The summed E-state index contributed by atoms with van der Waals surface area (Å²) in [6.45, 7) is 7.54. The molecule has 1 saturated carbocycles. The largest absolute Gasteiger partial charge is 0.481 e. The van der Waals surface area contributed by atoms with E-state index in [-0.39, 0.29) is 12.0 Å². The number of thiazole rings is 1.